The molecule has 2 aromatic rings. The Bertz CT molecular complexity index is 1050. The molecule has 0 unspecified atom stereocenters. The van der Waals surface area contributed by atoms with Crippen molar-refractivity contribution < 1.29 is 18.0 Å². The van der Waals surface area contributed by atoms with Gasteiger partial charge >= 0.3 is 6.18 Å². The molecule has 9 heteroatoms. The molecule has 0 spiro atoms. The Morgan fingerprint density at radius 1 is 1.08 bits per heavy atom. The minimum atomic E-state index is -4.42. The van der Waals surface area contributed by atoms with Gasteiger partial charge in [-0.2, -0.15) is 13.2 Å². The van der Waals surface area contributed by atoms with Crippen LogP contribution in [0.4, 0.5) is 18.9 Å². The van der Waals surface area contributed by atoms with Gasteiger partial charge in [-0.3, -0.25) is 4.79 Å². The predicted octanol–water partition coefficient (Wildman–Crippen LogP) is 5.06. The average Bonchev–Trinajstić information content (AvgIpc) is 3.33. The zero-order chi connectivity index (χ0) is 26.0. The number of carbonyl (C=O) groups excluding carboxylic acids is 1. The number of rotatable bonds is 6. The molecule has 0 aliphatic carbocycles. The lowest BCUT2D eigenvalue weighted by Gasteiger charge is -2.39. The summed E-state index contributed by atoms with van der Waals surface area (Å²) in [6, 6.07) is 11.0. The quantitative estimate of drug-likeness (QED) is 0.557. The van der Waals surface area contributed by atoms with Crippen molar-refractivity contribution in [3.8, 4) is 0 Å². The van der Waals surface area contributed by atoms with Crippen LogP contribution in [0.25, 0.3) is 0 Å². The summed E-state index contributed by atoms with van der Waals surface area (Å²) in [6.07, 6.45) is -3.83. The second kappa shape index (κ2) is 11.0. The maximum atomic E-state index is 13.4. The van der Waals surface area contributed by atoms with Crippen molar-refractivity contribution in [3.63, 3.8) is 0 Å². The van der Waals surface area contributed by atoms with Gasteiger partial charge in [0.2, 0.25) is 5.91 Å². The monoisotopic (exact) mass is 522 g/mol. The van der Waals surface area contributed by atoms with Crippen LogP contribution in [0, 0.1) is 11.8 Å². The van der Waals surface area contributed by atoms with Gasteiger partial charge < -0.3 is 20.9 Å². The Labute approximate surface area is 215 Å². The molecular weight excluding hydrogens is 489 g/mol. The Hall–Kier alpha value is -2.29. The molecule has 3 N–H and O–H groups in total. The van der Waals surface area contributed by atoms with Gasteiger partial charge in [0.1, 0.15) is 0 Å². The summed E-state index contributed by atoms with van der Waals surface area (Å²) >= 11 is 6.03. The number of anilines is 1. The Balaban J connectivity index is 1.47. The van der Waals surface area contributed by atoms with Crippen molar-refractivity contribution in [2.45, 2.75) is 38.4 Å². The Morgan fingerprint density at radius 2 is 1.75 bits per heavy atom. The van der Waals surface area contributed by atoms with Gasteiger partial charge in [-0.15, -0.1) is 0 Å². The lowest BCUT2D eigenvalue weighted by atomic mass is 9.88. The van der Waals surface area contributed by atoms with Crippen LogP contribution in [0.1, 0.15) is 48.9 Å². The highest BCUT2D eigenvalue weighted by atomic mass is 35.5. The molecule has 2 saturated heterocycles. The first-order chi connectivity index (χ1) is 17.0. The molecule has 0 bridgehead atoms. The summed E-state index contributed by atoms with van der Waals surface area (Å²) in [4.78, 5) is 17.4. The lowest BCUT2D eigenvalue weighted by Crippen LogP contribution is -2.51. The van der Waals surface area contributed by atoms with Crippen molar-refractivity contribution in [2.75, 3.05) is 44.2 Å². The summed E-state index contributed by atoms with van der Waals surface area (Å²) in [7, 11) is 0. The molecule has 196 valence electrons. The third-order valence-electron chi connectivity index (χ3n) is 7.24. The van der Waals surface area contributed by atoms with E-state index in [1.807, 2.05) is 43.0 Å². The SMILES string of the molecule is CC(C)C[C@H](N)c1cc(C(F)(F)F)ccc1N1CCN(C(=O)[C@@H]2CNC[C@H]2c2ccc(Cl)cc2)CC1. The summed E-state index contributed by atoms with van der Waals surface area (Å²) in [5.74, 6) is 0.302. The maximum absolute atomic E-state index is 13.4. The number of alkyl halides is 3. The van der Waals surface area contributed by atoms with E-state index in [2.05, 4.69) is 10.2 Å². The molecule has 2 fully saturated rings. The first-order valence-corrected chi connectivity index (χ1v) is 12.9. The zero-order valence-corrected chi connectivity index (χ0v) is 21.4. The molecule has 0 aromatic heterocycles. The number of nitrogens with zero attached hydrogens (tertiary/aromatic N) is 2. The third kappa shape index (κ3) is 5.98. The van der Waals surface area contributed by atoms with Gasteiger partial charge in [0.05, 0.1) is 11.5 Å². The molecule has 2 aliphatic rings. The number of hydrogen-bond donors (Lipinski definition) is 2. The minimum absolute atomic E-state index is 0.0864. The highest BCUT2D eigenvalue weighted by Crippen LogP contribution is 2.37. The average molecular weight is 523 g/mol. The molecule has 36 heavy (non-hydrogen) atoms. The number of amides is 1. The largest absolute Gasteiger partial charge is 0.416 e. The second-order valence-corrected chi connectivity index (χ2v) is 10.7. The summed E-state index contributed by atoms with van der Waals surface area (Å²) < 4.78 is 40.3. The van der Waals surface area contributed by atoms with E-state index >= 15 is 0 Å². The third-order valence-corrected chi connectivity index (χ3v) is 7.49. The van der Waals surface area contributed by atoms with Crippen molar-refractivity contribution >= 4 is 23.2 Å². The Morgan fingerprint density at radius 3 is 2.36 bits per heavy atom. The lowest BCUT2D eigenvalue weighted by molar-refractivity contribution is -0.138. The van der Waals surface area contributed by atoms with Crippen LogP contribution >= 0.6 is 11.6 Å². The van der Waals surface area contributed by atoms with Crippen LogP contribution in [0.5, 0.6) is 0 Å². The van der Waals surface area contributed by atoms with E-state index in [4.69, 9.17) is 17.3 Å². The minimum Gasteiger partial charge on any atom is -0.368 e. The highest BCUT2D eigenvalue weighted by molar-refractivity contribution is 6.30. The molecule has 1 amide bonds. The number of halogens is 4. The normalized spacial score (nSPS) is 21.8. The number of piperazine rings is 1. The topological polar surface area (TPSA) is 61.6 Å². The maximum Gasteiger partial charge on any atom is 0.416 e. The van der Waals surface area contributed by atoms with Crippen LogP contribution in [0.15, 0.2) is 42.5 Å². The van der Waals surface area contributed by atoms with Gasteiger partial charge in [-0.05, 0) is 53.8 Å². The molecule has 5 nitrogen and oxygen atoms in total. The van der Waals surface area contributed by atoms with Gasteiger partial charge in [-0.25, -0.2) is 0 Å². The van der Waals surface area contributed by atoms with Crippen molar-refractivity contribution in [3.05, 3.63) is 64.2 Å². The van der Waals surface area contributed by atoms with E-state index in [0.29, 0.717) is 49.7 Å². The number of benzene rings is 2. The van der Waals surface area contributed by atoms with Crippen LogP contribution in [-0.4, -0.2) is 50.1 Å². The van der Waals surface area contributed by atoms with Gasteiger partial charge in [0, 0.05) is 61.9 Å². The summed E-state index contributed by atoms with van der Waals surface area (Å²) in [5.41, 5.74) is 8.03. The molecule has 3 atom stereocenters. The molecule has 2 aliphatic heterocycles. The van der Waals surface area contributed by atoms with Crippen LogP contribution in [-0.2, 0) is 11.0 Å². The molecule has 2 heterocycles. The van der Waals surface area contributed by atoms with Gasteiger partial charge in [-0.1, -0.05) is 37.6 Å². The molecular formula is C27H34ClF3N4O. The molecule has 2 aromatic carbocycles. The van der Waals surface area contributed by atoms with Gasteiger partial charge in [0.15, 0.2) is 0 Å². The fourth-order valence-corrected chi connectivity index (χ4v) is 5.48. The number of nitrogens with two attached hydrogens (primary N) is 1. The first kappa shape index (κ1) is 26.8. The van der Waals surface area contributed by atoms with E-state index in [-0.39, 0.29) is 23.7 Å². The van der Waals surface area contributed by atoms with Crippen molar-refractivity contribution in [1.29, 1.82) is 0 Å². The first-order valence-electron chi connectivity index (χ1n) is 12.5. The predicted molar refractivity (Wildman–Crippen MR) is 137 cm³/mol. The summed E-state index contributed by atoms with van der Waals surface area (Å²) in [6.45, 7) is 7.50. The van der Waals surface area contributed by atoms with Crippen LogP contribution < -0.4 is 16.0 Å². The van der Waals surface area contributed by atoms with E-state index in [1.165, 1.54) is 12.1 Å². The highest BCUT2D eigenvalue weighted by Gasteiger charge is 2.38. The van der Waals surface area contributed by atoms with E-state index in [9.17, 15) is 18.0 Å². The number of carbonyl (C=O) groups is 1. The number of hydrogen-bond acceptors (Lipinski definition) is 4. The summed E-state index contributed by atoms with van der Waals surface area (Å²) in [5, 5.41) is 4.01. The van der Waals surface area contributed by atoms with E-state index in [0.717, 1.165) is 23.9 Å². The Kier molecular flexibility index (Phi) is 8.17. The van der Waals surface area contributed by atoms with E-state index in [1.54, 1.807) is 0 Å². The second-order valence-electron chi connectivity index (χ2n) is 10.2. The van der Waals surface area contributed by atoms with Gasteiger partial charge in [0.25, 0.3) is 0 Å². The molecule has 0 saturated carbocycles. The van der Waals surface area contributed by atoms with Crippen LogP contribution in [0.2, 0.25) is 5.02 Å². The van der Waals surface area contributed by atoms with Crippen molar-refractivity contribution in [2.24, 2.45) is 17.6 Å². The standard InChI is InChI=1S/C27H34ClF3N4O/c1-17(2)13-24(32)21-14-19(27(29,30)31)5-8-25(21)34-9-11-35(12-10-34)26(36)23-16-33-15-22(23)18-3-6-20(28)7-4-18/h3-8,14,17,22-24,33H,9-13,15-16,32H2,1-2H3/t22-,23+,24-/m0/s1. The van der Waals surface area contributed by atoms with Crippen molar-refractivity contribution in [1.82, 2.24) is 10.2 Å². The van der Waals surface area contributed by atoms with E-state index < -0.39 is 17.8 Å². The molecule has 0 radical (unpaired) electrons. The molecule has 4 rings (SSSR count). The number of nitrogens with one attached hydrogen (secondary N) is 1. The van der Waals surface area contributed by atoms with Crippen LogP contribution in [0.3, 0.4) is 0 Å². The smallest absolute Gasteiger partial charge is 0.368 e. The fraction of sp³-hybridized carbons (Fsp3) is 0.519. The zero-order valence-electron chi connectivity index (χ0n) is 20.7. The fourth-order valence-electron chi connectivity index (χ4n) is 5.35.